The molecule has 0 aromatic heterocycles. The van der Waals surface area contributed by atoms with E-state index in [1.165, 1.54) is 36.8 Å². The highest BCUT2D eigenvalue weighted by Crippen LogP contribution is 2.42. The second kappa shape index (κ2) is 3.16. The summed E-state index contributed by atoms with van der Waals surface area (Å²) in [6, 6.07) is 8.84. The minimum Gasteiger partial charge on any atom is -0.176 e. The third-order valence-electron chi connectivity index (χ3n) is 3.38. The van der Waals surface area contributed by atoms with Crippen molar-refractivity contribution in [2.45, 2.75) is 30.9 Å². The Hall–Kier alpha value is -0.690. The molecule has 72 valence electrons. The SMILES string of the molecule is SC1CCC2=C(Cc3ccccc32)C1. The summed E-state index contributed by atoms with van der Waals surface area (Å²) in [5.74, 6) is 0. The second-order valence-corrected chi connectivity index (χ2v) is 5.04. The molecule has 2 aliphatic rings. The lowest BCUT2D eigenvalue weighted by Gasteiger charge is -2.19. The lowest BCUT2D eigenvalue weighted by atomic mass is 9.91. The molecule has 0 spiro atoms. The van der Waals surface area contributed by atoms with Gasteiger partial charge in [0.2, 0.25) is 0 Å². The van der Waals surface area contributed by atoms with Gasteiger partial charge in [-0.25, -0.2) is 0 Å². The Bertz CT molecular complexity index is 403. The summed E-state index contributed by atoms with van der Waals surface area (Å²) in [7, 11) is 0. The second-order valence-electron chi connectivity index (χ2n) is 4.31. The van der Waals surface area contributed by atoms with Gasteiger partial charge in [0, 0.05) is 5.25 Å². The molecular formula is C13H14S. The van der Waals surface area contributed by atoms with Gasteiger partial charge < -0.3 is 0 Å². The van der Waals surface area contributed by atoms with Crippen LogP contribution in [0.1, 0.15) is 30.4 Å². The molecule has 0 heterocycles. The predicted molar refractivity (Wildman–Crippen MR) is 63.7 cm³/mol. The fraction of sp³-hybridized carbons (Fsp3) is 0.385. The minimum absolute atomic E-state index is 0.600. The first-order valence-corrected chi connectivity index (χ1v) is 5.83. The van der Waals surface area contributed by atoms with Crippen molar-refractivity contribution < 1.29 is 0 Å². The fourth-order valence-corrected chi connectivity index (χ4v) is 3.05. The molecule has 1 unspecified atom stereocenters. The number of benzene rings is 1. The molecule has 0 fully saturated rings. The summed E-state index contributed by atoms with van der Waals surface area (Å²) in [5.41, 5.74) is 6.33. The lowest BCUT2D eigenvalue weighted by Crippen LogP contribution is -2.07. The highest BCUT2D eigenvalue weighted by atomic mass is 32.1. The highest BCUT2D eigenvalue weighted by Gasteiger charge is 2.25. The quantitative estimate of drug-likeness (QED) is 0.612. The van der Waals surface area contributed by atoms with Gasteiger partial charge in [-0.05, 0) is 42.4 Å². The van der Waals surface area contributed by atoms with Gasteiger partial charge in [0.1, 0.15) is 0 Å². The Morgan fingerprint density at radius 3 is 3.00 bits per heavy atom. The minimum atomic E-state index is 0.600. The van der Waals surface area contributed by atoms with Gasteiger partial charge in [0.15, 0.2) is 0 Å². The molecule has 0 nitrogen and oxygen atoms in total. The number of hydrogen-bond acceptors (Lipinski definition) is 1. The van der Waals surface area contributed by atoms with Crippen molar-refractivity contribution in [1.29, 1.82) is 0 Å². The molecular weight excluding hydrogens is 188 g/mol. The number of hydrogen-bond donors (Lipinski definition) is 1. The van der Waals surface area contributed by atoms with E-state index < -0.39 is 0 Å². The van der Waals surface area contributed by atoms with Crippen molar-refractivity contribution in [2.24, 2.45) is 0 Å². The van der Waals surface area contributed by atoms with Crippen LogP contribution in [-0.2, 0) is 6.42 Å². The lowest BCUT2D eigenvalue weighted by molar-refractivity contribution is 0.733. The smallest absolute Gasteiger partial charge is 0.00574 e. The summed E-state index contributed by atoms with van der Waals surface area (Å²) < 4.78 is 0. The van der Waals surface area contributed by atoms with E-state index in [1.54, 1.807) is 11.1 Å². The van der Waals surface area contributed by atoms with Crippen molar-refractivity contribution in [2.75, 3.05) is 0 Å². The number of fused-ring (bicyclic) bond motifs is 2. The van der Waals surface area contributed by atoms with Gasteiger partial charge in [-0.3, -0.25) is 0 Å². The Kier molecular flexibility index (Phi) is 1.94. The van der Waals surface area contributed by atoms with Crippen LogP contribution >= 0.6 is 12.6 Å². The molecule has 3 rings (SSSR count). The van der Waals surface area contributed by atoms with Crippen LogP contribution in [0.15, 0.2) is 29.8 Å². The molecule has 1 aromatic carbocycles. The Morgan fingerprint density at radius 2 is 2.07 bits per heavy atom. The molecule has 0 saturated heterocycles. The zero-order chi connectivity index (χ0) is 9.54. The van der Waals surface area contributed by atoms with E-state index in [1.807, 2.05) is 0 Å². The van der Waals surface area contributed by atoms with Crippen LogP contribution in [0.4, 0.5) is 0 Å². The molecule has 1 atom stereocenters. The van der Waals surface area contributed by atoms with Crippen molar-refractivity contribution in [3.63, 3.8) is 0 Å². The standard InChI is InChI=1S/C13H14S/c14-11-5-6-13-10(8-11)7-9-3-1-2-4-12(9)13/h1-4,11,14H,5-8H2. The molecule has 0 amide bonds. The van der Waals surface area contributed by atoms with Crippen molar-refractivity contribution in [3.8, 4) is 0 Å². The molecule has 0 radical (unpaired) electrons. The van der Waals surface area contributed by atoms with Crippen LogP contribution in [0.25, 0.3) is 5.57 Å². The largest absolute Gasteiger partial charge is 0.176 e. The first kappa shape index (κ1) is 8.60. The van der Waals surface area contributed by atoms with E-state index in [4.69, 9.17) is 0 Å². The summed E-state index contributed by atoms with van der Waals surface area (Å²) in [6.07, 6.45) is 4.87. The number of allylic oxidation sites excluding steroid dienone is 2. The molecule has 0 bridgehead atoms. The monoisotopic (exact) mass is 202 g/mol. The zero-order valence-electron chi connectivity index (χ0n) is 8.16. The molecule has 2 aliphatic carbocycles. The van der Waals surface area contributed by atoms with Gasteiger partial charge in [-0.15, -0.1) is 0 Å². The highest BCUT2D eigenvalue weighted by molar-refractivity contribution is 7.80. The topological polar surface area (TPSA) is 0 Å². The number of thiol groups is 1. The maximum atomic E-state index is 4.59. The molecule has 14 heavy (non-hydrogen) atoms. The maximum absolute atomic E-state index is 4.59. The first-order valence-electron chi connectivity index (χ1n) is 5.32. The first-order chi connectivity index (χ1) is 6.84. The Balaban J connectivity index is 2.05. The molecule has 0 aliphatic heterocycles. The summed E-state index contributed by atoms with van der Waals surface area (Å²) in [4.78, 5) is 0. The average Bonchev–Trinajstić information content (AvgIpc) is 2.54. The fourth-order valence-electron chi connectivity index (χ4n) is 2.70. The molecule has 0 saturated carbocycles. The van der Waals surface area contributed by atoms with Gasteiger partial charge in [-0.1, -0.05) is 29.8 Å². The van der Waals surface area contributed by atoms with E-state index in [-0.39, 0.29) is 0 Å². The Morgan fingerprint density at radius 1 is 1.21 bits per heavy atom. The van der Waals surface area contributed by atoms with E-state index in [0.29, 0.717) is 5.25 Å². The van der Waals surface area contributed by atoms with Gasteiger partial charge >= 0.3 is 0 Å². The van der Waals surface area contributed by atoms with Crippen LogP contribution < -0.4 is 0 Å². The van der Waals surface area contributed by atoms with Crippen molar-refractivity contribution in [1.82, 2.24) is 0 Å². The molecule has 1 heteroatoms. The predicted octanol–water partition coefficient (Wildman–Crippen LogP) is 3.48. The third kappa shape index (κ3) is 1.23. The maximum Gasteiger partial charge on any atom is 0.00574 e. The van der Waals surface area contributed by atoms with Gasteiger partial charge in [-0.2, -0.15) is 12.6 Å². The van der Waals surface area contributed by atoms with Crippen LogP contribution in [0, 0.1) is 0 Å². The zero-order valence-corrected chi connectivity index (χ0v) is 9.06. The molecule has 0 N–H and O–H groups in total. The van der Waals surface area contributed by atoms with E-state index >= 15 is 0 Å². The summed E-state index contributed by atoms with van der Waals surface area (Å²) >= 11 is 4.59. The van der Waals surface area contributed by atoms with Gasteiger partial charge in [0.05, 0.1) is 0 Å². The van der Waals surface area contributed by atoms with Gasteiger partial charge in [0.25, 0.3) is 0 Å². The van der Waals surface area contributed by atoms with Crippen molar-refractivity contribution in [3.05, 3.63) is 41.0 Å². The number of rotatable bonds is 0. The van der Waals surface area contributed by atoms with Crippen LogP contribution in [0.3, 0.4) is 0 Å². The van der Waals surface area contributed by atoms with E-state index in [2.05, 4.69) is 36.9 Å². The van der Waals surface area contributed by atoms with Crippen molar-refractivity contribution >= 4 is 18.2 Å². The normalized spacial score (nSPS) is 24.8. The summed E-state index contributed by atoms with van der Waals surface area (Å²) in [6.45, 7) is 0. The van der Waals surface area contributed by atoms with Crippen LogP contribution in [0.5, 0.6) is 0 Å². The van der Waals surface area contributed by atoms with E-state index in [0.717, 1.165) is 0 Å². The summed E-state index contributed by atoms with van der Waals surface area (Å²) in [5, 5.41) is 0.600. The molecule has 1 aromatic rings. The Labute approximate surface area is 90.4 Å². The van der Waals surface area contributed by atoms with Crippen LogP contribution in [0.2, 0.25) is 0 Å². The third-order valence-corrected chi connectivity index (χ3v) is 3.82. The average molecular weight is 202 g/mol. The van der Waals surface area contributed by atoms with E-state index in [9.17, 15) is 0 Å². The van der Waals surface area contributed by atoms with Crippen LogP contribution in [-0.4, -0.2) is 5.25 Å².